The number of allylic oxidation sites excluding steroid dienone is 2. The molecule has 22 heavy (non-hydrogen) atoms. The Balaban J connectivity index is 2.00. The number of fused-ring (bicyclic) bond motifs is 1. The molecule has 1 aliphatic carbocycles. The number of carbonyl (C=O) groups excluding carboxylic acids is 2. The van der Waals surface area contributed by atoms with Gasteiger partial charge in [0.1, 0.15) is 11.3 Å². The second kappa shape index (κ2) is 6.07. The van der Waals surface area contributed by atoms with E-state index in [0.717, 1.165) is 0 Å². The van der Waals surface area contributed by atoms with Crippen LogP contribution in [-0.4, -0.2) is 16.7 Å². The Morgan fingerprint density at radius 1 is 1.23 bits per heavy atom. The van der Waals surface area contributed by atoms with Crippen LogP contribution in [-0.2, 0) is 9.53 Å². The lowest BCUT2D eigenvalue weighted by Gasteiger charge is -2.13. The second-order valence-electron chi connectivity index (χ2n) is 4.97. The zero-order valence-electron chi connectivity index (χ0n) is 11.4. The number of pyridine rings is 1. The number of halogens is 2. The molecule has 0 bridgehead atoms. The average molecular weight is 336 g/mol. The van der Waals surface area contributed by atoms with Crippen molar-refractivity contribution >= 4 is 45.9 Å². The highest BCUT2D eigenvalue weighted by Crippen LogP contribution is 2.28. The van der Waals surface area contributed by atoms with Gasteiger partial charge in [0.05, 0.1) is 15.6 Å². The van der Waals surface area contributed by atoms with Crippen LogP contribution in [0.3, 0.4) is 0 Å². The van der Waals surface area contributed by atoms with Gasteiger partial charge in [0.15, 0.2) is 5.78 Å². The van der Waals surface area contributed by atoms with E-state index in [1.807, 2.05) is 0 Å². The maximum atomic E-state index is 12.4. The van der Waals surface area contributed by atoms with E-state index < -0.39 is 5.97 Å². The smallest absolute Gasteiger partial charge is 0.346 e. The summed E-state index contributed by atoms with van der Waals surface area (Å²) in [7, 11) is 0. The molecular formula is C16H11Cl2NO3. The van der Waals surface area contributed by atoms with Crippen molar-refractivity contribution in [1.29, 1.82) is 0 Å². The van der Waals surface area contributed by atoms with Crippen molar-refractivity contribution in [1.82, 2.24) is 4.98 Å². The first-order valence-electron chi connectivity index (χ1n) is 6.74. The van der Waals surface area contributed by atoms with Crippen LogP contribution in [0.25, 0.3) is 10.9 Å². The molecule has 112 valence electrons. The molecular weight excluding hydrogens is 325 g/mol. The lowest BCUT2D eigenvalue weighted by atomic mass is 10.1. The first-order chi connectivity index (χ1) is 10.5. The lowest BCUT2D eigenvalue weighted by Crippen LogP contribution is -2.11. The zero-order valence-corrected chi connectivity index (χ0v) is 12.9. The quantitative estimate of drug-likeness (QED) is 0.766. The van der Waals surface area contributed by atoms with E-state index in [1.165, 1.54) is 12.3 Å². The topological polar surface area (TPSA) is 56.3 Å². The van der Waals surface area contributed by atoms with Crippen LogP contribution in [0.4, 0.5) is 0 Å². The monoisotopic (exact) mass is 335 g/mol. The summed E-state index contributed by atoms with van der Waals surface area (Å²) in [6.07, 6.45) is 4.52. The largest absolute Gasteiger partial charge is 0.427 e. The number of benzene rings is 1. The van der Waals surface area contributed by atoms with Gasteiger partial charge in [-0.3, -0.25) is 9.78 Å². The van der Waals surface area contributed by atoms with Gasteiger partial charge >= 0.3 is 5.97 Å². The molecule has 0 atom stereocenters. The number of hydrogen-bond donors (Lipinski definition) is 0. The summed E-state index contributed by atoms with van der Waals surface area (Å²) in [5, 5.41) is 1.40. The van der Waals surface area contributed by atoms with E-state index in [9.17, 15) is 9.59 Å². The summed E-state index contributed by atoms with van der Waals surface area (Å²) in [6.45, 7) is 0. The molecule has 0 fully saturated rings. The summed E-state index contributed by atoms with van der Waals surface area (Å²) in [6, 6.07) is 5.02. The lowest BCUT2D eigenvalue weighted by molar-refractivity contribution is -0.115. The standard InChI is InChI=1S/C16H11Cl2NO3/c17-10-6-9-4-5-13(18)14(15(9)19-8-10)16(21)22-12-3-1-2-11(20)7-12/h4-8H,1-3H2. The van der Waals surface area contributed by atoms with Gasteiger partial charge in [-0.2, -0.15) is 0 Å². The molecule has 6 heteroatoms. The number of ketones is 1. The van der Waals surface area contributed by atoms with Crippen LogP contribution in [0.15, 0.2) is 36.2 Å². The molecule has 0 spiro atoms. The fraction of sp³-hybridized carbons (Fsp3) is 0.188. The summed E-state index contributed by atoms with van der Waals surface area (Å²) in [5.41, 5.74) is 0.597. The van der Waals surface area contributed by atoms with E-state index in [4.69, 9.17) is 27.9 Å². The highest BCUT2D eigenvalue weighted by Gasteiger charge is 2.21. The van der Waals surface area contributed by atoms with Gasteiger partial charge in [-0.25, -0.2) is 4.79 Å². The minimum Gasteiger partial charge on any atom is -0.427 e. The zero-order chi connectivity index (χ0) is 15.7. The predicted molar refractivity (Wildman–Crippen MR) is 84.1 cm³/mol. The Morgan fingerprint density at radius 2 is 2.05 bits per heavy atom. The van der Waals surface area contributed by atoms with Gasteiger partial charge in [0.25, 0.3) is 0 Å². The van der Waals surface area contributed by atoms with Crippen molar-refractivity contribution in [2.24, 2.45) is 0 Å². The molecule has 0 saturated heterocycles. The molecule has 4 nitrogen and oxygen atoms in total. The van der Waals surface area contributed by atoms with Crippen molar-refractivity contribution in [3.63, 3.8) is 0 Å². The number of aromatic nitrogens is 1. The van der Waals surface area contributed by atoms with Crippen molar-refractivity contribution in [3.05, 3.63) is 51.8 Å². The Bertz CT molecular complexity index is 814. The van der Waals surface area contributed by atoms with Gasteiger partial charge in [0.2, 0.25) is 0 Å². The van der Waals surface area contributed by atoms with E-state index in [0.29, 0.717) is 40.9 Å². The van der Waals surface area contributed by atoms with Crippen LogP contribution < -0.4 is 0 Å². The first-order valence-corrected chi connectivity index (χ1v) is 7.49. The SMILES string of the molecule is O=C1C=C(OC(=O)c2c(Cl)ccc3cc(Cl)cnc23)CCC1. The molecule has 0 amide bonds. The fourth-order valence-corrected chi connectivity index (χ4v) is 2.75. The molecule has 0 N–H and O–H groups in total. The van der Waals surface area contributed by atoms with E-state index in [2.05, 4.69) is 4.98 Å². The third-order valence-electron chi connectivity index (χ3n) is 3.36. The molecule has 1 aliphatic rings. The van der Waals surface area contributed by atoms with Gasteiger partial charge in [-0.15, -0.1) is 0 Å². The van der Waals surface area contributed by atoms with E-state index in [-0.39, 0.29) is 16.4 Å². The highest BCUT2D eigenvalue weighted by molar-refractivity contribution is 6.35. The number of hydrogen-bond acceptors (Lipinski definition) is 4. The summed E-state index contributed by atoms with van der Waals surface area (Å²) in [4.78, 5) is 28.0. The normalized spacial score (nSPS) is 14.8. The molecule has 1 heterocycles. The number of nitrogens with zero attached hydrogens (tertiary/aromatic N) is 1. The number of rotatable bonds is 2. The number of ether oxygens (including phenoxy) is 1. The Labute approximate surface area is 136 Å². The van der Waals surface area contributed by atoms with Crippen LogP contribution in [0.2, 0.25) is 10.0 Å². The van der Waals surface area contributed by atoms with Crippen molar-refractivity contribution in [2.75, 3.05) is 0 Å². The molecule has 0 radical (unpaired) electrons. The summed E-state index contributed by atoms with van der Waals surface area (Å²) < 4.78 is 5.31. The average Bonchev–Trinajstić information content (AvgIpc) is 2.47. The maximum absolute atomic E-state index is 12.4. The van der Waals surface area contributed by atoms with Gasteiger partial charge < -0.3 is 4.74 Å². The fourth-order valence-electron chi connectivity index (χ4n) is 2.36. The van der Waals surface area contributed by atoms with Crippen LogP contribution >= 0.6 is 23.2 Å². The second-order valence-corrected chi connectivity index (χ2v) is 5.81. The molecule has 2 aromatic rings. The minimum absolute atomic E-state index is 0.0389. The Kier molecular flexibility index (Phi) is 4.14. The van der Waals surface area contributed by atoms with Crippen LogP contribution in [0.5, 0.6) is 0 Å². The minimum atomic E-state index is -0.619. The third-order valence-corrected chi connectivity index (χ3v) is 3.89. The molecule has 0 saturated carbocycles. The molecule has 0 aliphatic heterocycles. The van der Waals surface area contributed by atoms with Crippen molar-refractivity contribution in [2.45, 2.75) is 19.3 Å². The van der Waals surface area contributed by atoms with Gasteiger partial charge in [0, 0.05) is 30.5 Å². The Hall–Kier alpha value is -1.91. The first kappa shape index (κ1) is 15.0. The Morgan fingerprint density at radius 3 is 2.82 bits per heavy atom. The van der Waals surface area contributed by atoms with Crippen LogP contribution in [0.1, 0.15) is 29.6 Å². The van der Waals surface area contributed by atoms with Gasteiger partial charge in [-0.1, -0.05) is 29.3 Å². The molecule has 3 rings (SSSR count). The molecule has 0 unspecified atom stereocenters. The third kappa shape index (κ3) is 2.98. The number of carbonyl (C=O) groups is 2. The predicted octanol–water partition coefficient (Wildman–Crippen LogP) is 4.34. The number of esters is 1. The maximum Gasteiger partial charge on any atom is 0.346 e. The van der Waals surface area contributed by atoms with Crippen LogP contribution in [0, 0.1) is 0 Å². The molecule has 1 aromatic heterocycles. The van der Waals surface area contributed by atoms with Crippen molar-refractivity contribution < 1.29 is 14.3 Å². The highest BCUT2D eigenvalue weighted by atomic mass is 35.5. The molecule has 1 aromatic carbocycles. The summed E-state index contributed by atoms with van der Waals surface area (Å²) >= 11 is 12.0. The van der Waals surface area contributed by atoms with Gasteiger partial charge in [-0.05, 0) is 18.6 Å². The van der Waals surface area contributed by atoms with E-state index in [1.54, 1.807) is 18.2 Å². The summed E-state index contributed by atoms with van der Waals surface area (Å²) in [5.74, 6) is -0.294. The van der Waals surface area contributed by atoms with Crippen molar-refractivity contribution in [3.8, 4) is 0 Å². The van der Waals surface area contributed by atoms with E-state index >= 15 is 0 Å².